The van der Waals surface area contributed by atoms with E-state index in [1.807, 2.05) is 60.7 Å². The van der Waals surface area contributed by atoms with Gasteiger partial charge in [-0.25, -0.2) is 19.9 Å². The zero-order valence-electron chi connectivity index (χ0n) is 24.9. The highest BCUT2D eigenvalue weighted by Crippen LogP contribution is 2.42. The molecule has 3 aliphatic rings. The summed E-state index contributed by atoms with van der Waals surface area (Å²) in [6.45, 7) is 0. The smallest absolute Gasteiger partial charge is 0.164 e. The van der Waals surface area contributed by atoms with E-state index in [1.54, 1.807) is 0 Å². The van der Waals surface area contributed by atoms with Crippen LogP contribution < -0.4 is 10.6 Å². The first kappa shape index (κ1) is 26.3. The summed E-state index contributed by atoms with van der Waals surface area (Å²) in [7, 11) is 0. The molecule has 0 saturated carbocycles. The monoisotopic (exact) mass is 589 g/mol. The molecule has 216 valence electrons. The Balaban J connectivity index is 1.26. The van der Waals surface area contributed by atoms with E-state index in [0.29, 0.717) is 17.5 Å². The van der Waals surface area contributed by atoms with Crippen molar-refractivity contribution in [3.63, 3.8) is 0 Å². The van der Waals surface area contributed by atoms with Crippen molar-refractivity contribution in [2.45, 2.75) is 12.3 Å². The molecule has 0 bridgehead atoms. The molecule has 0 saturated heterocycles. The number of benzene rings is 5. The summed E-state index contributed by atoms with van der Waals surface area (Å²) in [5, 5.41) is 2.18. The molecule has 3 heterocycles. The number of aliphatic imine (C=N–C) groups is 1. The second-order valence-corrected chi connectivity index (χ2v) is 11.6. The lowest BCUT2D eigenvalue weighted by Gasteiger charge is -2.15. The minimum absolute atomic E-state index is 0.0729. The van der Waals surface area contributed by atoms with Gasteiger partial charge in [-0.05, 0) is 46.9 Å². The van der Waals surface area contributed by atoms with Crippen molar-refractivity contribution in [2.75, 3.05) is 0 Å². The molecule has 5 heteroatoms. The summed E-state index contributed by atoms with van der Waals surface area (Å²) in [5.41, 5.74) is 10.7. The highest BCUT2D eigenvalue weighted by molar-refractivity contribution is 5.94. The van der Waals surface area contributed by atoms with Gasteiger partial charge in [0.05, 0.1) is 16.7 Å². The standard InChI is InChI=1S/C41H27N5/c1-4-13-26(14-5-1)33-25-42-38-32(33)24-35-37(31-21-10-11-22-34(31)43-35)36(38)29-19-12-20-30(23-29)41-45-39(27-15-6-2-7-16-27)44-40(46-41)28-17-8-3-9-18-28/h1-20,22-25,33H,21H2. The van der Waals surface area contributed by atoms with E-state index in [0.717, 1.165) is 51.0 Å². The van der Waals surface area contributed by atoms with Gasteiger partial charge in [-0.15, -0.1) is 0 Å². The predicted molar refractivity (Wildman–Crippen MR) is 184 cm³/mol. The van der Waals surface area contributed by atoms with Crippen molar-refractivity contribution in [2.24, 2.45) is 9.98 Å². The highest BCUT2D eigenvalue weighted by atomic mass is 15.0. The van der Waals surface area contributed by atoms with Crippen molar-refractivity contribution in [3.05, 3.63) is 167 Å². The van der Waals surface area contributed by atoms with Crippen LogP contribution in [0.15, 0.2) is 155 Å². The maximum absolute atomic E-state index is 5.12. The second-order valence-electron chi connectivity index (χ2n) is 11.6. The van der Waals surface area contributed by atoms with Crippen LogP contribution in [0.1, 0.15) is 23.5 Å². The Morgan fingerprint density at radius 3 is 1.89 bits per heavy atom. The van der Waals surface area contributed by atoms with E-state index in [2.05, 4.69) is 85.1 Å². The molecule has 0 N–H and O–H groups in total. The molecule has 2 aliphatic heterocycles. The van der Waals surface area contributed by atoms with Crippen molar-refractivity contribution >= 4 is 17.5 Å². The molecule has 9 rings (SSSR count). The number of fused-ring (bicyclic) bond motifs is 3. The molecule has 1 aromatic heterocycles. The van der Waals surface area contributed by atoms with Crippen molar-refractivity contribution in [1.82, 2.24) is 15.0 Å². The lowest BCUT2D eigenvalue weighted by atomic mass is 9.88. The molecule has 0 radical (unpaired) electrons. The third-order valence-electron chi connectivity index (χ3n) is 8.83. The molecule has 6 aromatic rings. The number of rotatable bonds is 5. The Morgan fingerprint density at radius 2 is 1.20 bits per heavy atom. The molecule has 1 atom stereocenters. The van der Waals surface area contributed by atoms with E-state index in [9.17, 15) is 0 Å². The van der Waals surface area contributed by atoms with Crippen LogP contribution in [0, 0.1) is 0 Å². The molecule has 1 aliphatic carbocycles. The summed E-state index contributed by atoms with van der Waals surface area (Å²) in [6, 6.07) is 41.5. The molecule has 0 amide bonds. The van der Waals surface area contributed by atoms with Crippen molar-refractivity contribution in [1.29, 1.82) is 0 Å². The van der Waals surface area contributed by atoms with Gasteiger partial charge in [-0.3, -0.25) is 4.99 Å². The van der Waals surface area contributed by atoms with Crippen LogP contribution in [0.4, 0.5) is 5.69 Å². The van der Waals surface area contributed by atoms with Crippen molar-refractivity contribution in [3.8, 4) is 45.3 Å². The first-order chi connectivity index (χ1) is 22.8. The third kappa shape index (κ3) is 4.44. The van der Waals surface area contributed by atoms with Crippen molar-refractivity contribution < 1.29 is 0 Å². The zero-order valence-corrected chi connectivity index (χ0v) is 24.9. The molecule has 1 unspecified atom stereocenters. The molecule has 5 nitrogen and oxygen atoms in total. The Hall–Kier alpha value is -6.07. The maximum Gasteiger partial charge on any atom is 0.164 e. The molecule has 0 fully saturated rings. The van der Waals surface area contributed by atoms with E-state index in [1.165, 1.54) is 21.9 Å². The van der Waals surface area contributed by atoms with Crippen LogP contribution in [0.2, 0.25) is 0 Å². The first-order valence-corrected chi connectivity index (χ1v) is 15.5. The lowest BCUT2D eigenvalue weighted by molar-refractivity contribution is 1.07. The van der Waals surface area contributed by atoms with Crippen LogP contribution in [0.25, 0.3) is 50.9 Å². The van der Waals surface area contributed by atoms with E-state index in [-0.39, 0.29) is 5.92 Å². The Kier molecular flexibility index (Phi) is 6.20. The van der Waals surface area contributed by atoms with Crippen LogP contribution in [-0.2, 0) is 0 Å². The van der Waals surface area contributed by atoms with E-state index >= 15 is 0 Å². The molecule has 46 heavy (non-hydrogen) atoms. The summed E-state index contributed by atoms with van der Waals surface area (Å²) >= 11 is 0. The third-order valence-corrected chi connectivity index (χ3v) is 8.83. The minimum atomic E-state index is 0.0729. The van der Waals surface area contributed by atoms with Gasteiger partial charge >= 0.3 is 0 Å². The number of allylic oxidation sites excluding steroid dienone is 4. The molecular weight excluding hydrogens is 562 g/mol. The second kappa shape index (κ2) is 10.8. The fraction of sp³-hybridized carbons (Fsp3) is 0.0488. The first-order valence-electron chi connectivity index (χ1n) is 15.5. The normalized spacial score (nSPS) is 15.6. The quantitative estimate of drug-likeness (QED) is 0.205. The van der Waals surface area contributed by atoms with Gasteiger partial charge in [0.15, 0.2) is 17.5 Å². The number of hydrogen-bond donors (Lipinski definition) is 0. The van der Waals surface area contributed by atoms with Gasteiger partial charge in [-0.1, -0.05) is 121 Å². The van der Waals surface area contributed by atoms with Gasteiger partial charge < -0.3 is 0 Å². The Morgan fingerprint density at radius 1 is 0.587 bits per heavy atom. The van der Waals surface area contributed by atoms with Crippen LogP contribution in [0.5, 0.6) is 0 Å². The topological polar surface area (TPSA) is 63.4 Å². The summed E-state index contributed by atoms with van der Waals surface area (Å²) in [6.07, 6.45) is 9.34. The van der Waals surface area contributed by atoms with Gasteiger partial charge in [0.2, 0.25) is 0 Å². The van der Waals surface area contributed by atoms with Gasteiger partial charge in [-0.2, -0.15) is 0 Å². The minimum Gasteiger partial charge on any atom is -0.259 e. The van der Waals surface area contributed by atoms with Crippen LogP contribution in [-0.4, -0.2) is 21.2 Å². The number of nitrogens with zero attached hydrogens (tertiary/aromatic N) is 5. The lowest BCUT2D eigenvalue weighted by Crippen LogP contribution is -2.27. The van der Waals surface area contributed by atoms with Gasteiger partial charge in [0, 0.05) is 39.6 Å². The summed E-state index contributed by atoms with van der Waals surface area (Å²) in [4.78, 5) is 25.1. The number of aromatic nitrogens is 3. The fourth-order valence-corrected chi connectivity index (χ4v) is 6.65. The predicted octanol–water partition coefficient (Wildman–Crippen LogP) is 8.02. The van der Waals surface area contributed by atoms with E-state index in [4.69, 9.17) is 24.9 Å². The molecular formula is C41H27N5. The average molecular weight is 590 g/mol. The maximum atomic E-state index is 5.12. The summed E-state index contributed by atoms with van der Waals surface area (Å²) < 4.78 is 0. The van der Waals surface area contributed by atoms with E-state index < -0.39 is 0 Å². The Bertz CT molecular complexity index is 2320. The average Bonchev–Trinajstić information content (AvgIpc) is 3.73. The van der Waals surface area contributed by atoms with Crippen LogP contribution in [0.3, 0.4) is 0 Å². The highest BCUT2D eigenvalue weighted by Gasteiger charge is 2.28. The number of hydrogen-bond acceptors (Lipinski definition) is 5. The molecule has 5 aromatic carbocycles. The zero-order chi connectivity index (χ0) is 30.5. The van der Waals surface area contributed by atoms with Gasteiger partial charge in [0.25, 0.3) is 0 Å². The fourth-order valence-electron chi connectivity index (χ4n) is 6.65. The van der Waals surface area contributed by atoms with Gasteiger partial charge in [0.1, 0.15) is 0 Å². The SMILES string of the molecule is C1=CCC2=c3c(-c4cccc(-c5nc(-c6ccccc6)nc(-c6ccccc6)n5)c4)c4c(cc3=NC2=C1)C(c1ccccc1)C=N4. The largest absolute Gasteiger partial charge is 0.259 e. The Labute approximate surface area is 266 Å². The van der Waals surface area contributed by atoms with Crippen LogP contribution >= 0.6 is 0 Å². The summed E-state index contributed by atoms with van der Waals surface area (Å²) in [5.74, 6) is 1.99. The molecule has 0 spiro atoms.